The number of aliphatic imine (C=N–C) groups is 1. The van der Waals surface area contributed by atoms with E-state index in [1.165, 1.54) is 5.56 Å². The van der Waals surface area contributed by atoms with Crippen molar-refractivity contribution in [2.45, 2.75) is 13.8 Å². The summed E-state index contributed by atoms with van der Waals surface area (Å²) in [5, 5.41) is 3.31. The lowest BCUT2D eigenvalue weighted by Crippen LogP contribution is -2.54. The zero-order chi connectivity index (χ0) is 18.1. The molecule has 25 heavy (non-hydrogen) atoms. The van der Waals surface area contributed by atoms with Gasteiger partial charge < -0.3 is 24.6 Å². The molecule has 1 aromatic carbocycles. The lowest BCUT2D eigenvalue weighted by atomic mass is 10.2. The number of hydrogen-bond donors (Lipinski definition) is 1. The van der Waals surface area contributed by atoms with Gasteiger partial charge in [0.1, 0.15) is 12.4 Å². The summed E-state index contributed by atoms with van der Waals surface area (Å²) in [6, 6.07) is 8.01. The highest BCUT2D eigenvalue weighted by molar-refractivity contribution is 5.80. The molecule has 0 aromatic heterocycles. The number of amides is 1. The largest absolute Gasteiger partial charge is 0.492 e. The van der Waals surface area contributed by atoms with Crippen LogP contribution in [0.2, 0.25) is 0 Å². The topological polar surface area (TPSA) is 66.4 Å². The Kier molecular flexibility index (Phi) is 7.37. The average Bonchev–Trinajstić information content (AvgIpc) is 2.64. The number of guanidine groups is 1. The molecular weight excluding hydrogens is 320 g/mol. The molecule has 138 valence electrons. The monoisotopic (exact) mass is 348 g/mol. The molecule has 1 heterocycles. The summed E-state index contributed by atoms with van der Waals surface area (Å²) in [5.74, 6) is 1.70. The van der Waals surface area contributed by atoms with Gasteiger partial charge in [0.15, 0.2) is 5.96 Å². The Morgan fingerprint density at radius 3 is 2.40 bits per heavy atom. The first-order valence-corrected chi connectivity index (χ1v) is 8.70. The number of ether oxygens (including phenoxy) is 2. The molecule has 2 rings (SSSR count). The van der Waals surface area contributed by atoms with Gasteiger partial charge in [-0.25, -0.2) is 4.79 Å². The van der Waals surface area contributed by atoms with Crippen LogP contribution in [-0.4, -0.2) is 74.8 Å². The van der Waals surface area contributed by atoms with Crippen LogP contribution in [0.15, 0.2) is 29.3 Å². The van der Waals surface area contributed by atoms with Crippen LogP contribution in [0.1, 0.15) is 12.5 Å². The van der Waals surface area contributed by atoms with Crippen molar-refractivity contribution in [1.29, 1.82) is 0 Å². The maximum atomic E-state index is 11.7. The van der Waals surface area contributed by atoms with Gasteiger partial charge >= 0.3 is 6.09 Å². The number of nitrogens with one attached hydrogen (secondary N) is 1. The molecular formula is C18H28N4O3. The molecule has 1 aliphatic heterocycles. The van der Waals surface area contributed by atoms with E-state index in [1.807, 2.05) is 31.2 Å². The molecule has 1 saturated heterocycles. The molecule has 1 aromatic rings. The molecule has 1 fully saturated rings. The molecule has 0 bridgehead atoms. The highest BCUT2D eigenvalue weighted by Gasteiger charge is 2.23. The Balaban J connectivity index is 1.70. The Morgan fingerprint density at radius 2 is 1.80 bits per heavy atom. The fourth-order valence-corrected chi connectivity index (χ4v) is 2.61. The van der Waals surface area contributed by atoms with Crippen LogP contribution in [0.4, 0.5) is 4.79 Å². The minimum Gasteiger partial charge on any atom is -0.492 e. The van der Waals surface area contributed by atoms with Crippen molar-refractivity contribution in [3.63, 3.8) is 0 Å². The summed E-state index contributed by atoms with van der Waals surface area (Å²) in [4.78, 5) is 19.9. The van der Waals surface area contributed by atoms with Crippen LogP contribution in [-0.2, 0) is 4.74 Å². The van der Waals surface area contributed by atoms with Gasteiger partial charge in [-0.3, -0.25) is 4.99 Å². The molecule has 0 unspecified atom stereocenters. The standard InChI is InChI=1S/C18H28N4O3/c1-4-24-18(23)22-12-10-21(11-13-22)17(19-3)20-9-14-25-16-7-5-15(2)6-8-16/h5-8H,4,9-14H2,1-3H3,(H,19,20). The number of nitrogens with zero attached hydrogens (tertiary/aromatic N) is 3. The Morgan fingerprint density at radius 1 is 1.16 bits per heavy atom. The number of piperazine rings is 1. The van der Waals surface area contributed by atoms with Crippen molar-refractivity contribution in [1.82, 2.24) is 15.1 Å². The van der Waals surface area contributed by atoms with Crippen LogP contribution < -0.4 is 10.1 Å². The maximum Gasteiger partial charge on any atom is 0.409 e. The molecule has 0 atom stereocenters. The highest BCUT2D eigenvalue weighted by atomic mass is 16.6. The zero-order valence-corrected chi connectivity index (χ0v) is 15.3. The minimum absolute atomic E-state index is 0.239. The molecule has 0 spiro atoms. The number of hydrogen-bond acceptors (Lipinski definition) is 4. The predicted molar refractivity (Wildman–Crippen MR) is 98.2 cm³/mol. The molecule has 1 aliphatic rings. The molecule has 0 aliphatic carbocycles. The quantitative estimate of drug-likeness (QED) is 0.499. The first-order chi connectivity index (χ1) is 12.1. The molecule has 1 N–H and O–H groups in total. The Bertz CT molecular complexity index is 566. The first kappa shape index (κ1) is 18.9. The smallest absolute Gasteiger partial charge is 0.409 e. The second-order valence-corrected chi connectivity index (χ2v) is 5.81. The van der Waals surface area contributed by atoms with Gasteiger partial charge in [-0.15, -0.1) is 0 Å². The third-order valence-electron chi connectivity index (χ3n) is 3.99. The van der Waals surface area contributed by atoms with Gasteiger partial charge in [0.2, 0.25) is 0 Å². The van der Waals surface area contributed by atoms with Crippen LogP contribution in [0.3, 0.4) is 0 Å². The summed E-state index contributed by atoms with van der Waals surface area (Å²) >= 11 is 0. The lowest BCUT2D eigenvalue weighted by molar-refractivity contribution is 0.0914. The SMILES string of the molecule is CCOC(=O)N1CCN(C(=NC)NCCOc2ccc(C)cc2)CC1. The maximum absolute atomic E-state index is 11.7. The van der Waals surface area contributed by atoms with Crippen molar-refractivity contribution in [2.24, 2.45) is 4.99 Å². The number of carbonyl (C=O) groups is 1. The first-order valence-electron chi connectivity index (χ1n) is 8.70. The van der Waals surface area contributed by atoms with E-state index in [-0.39, 0.29) is 6.09 Å². The van der Waals surface area contributed by atoms with E-state index in [0.717, 1.165) is 24.8 Å². The highest BCUT2D eigenvalue weighted by Crippen LogP contribution is 2.10. The van der Waals surface area contributed by atoms with Crippen molar-refractivity contribution < 1.29 is 14.3 Å². The molecule has 7 nitrogen and oxygen atoms in total. The number of carbonyl (C=O) groups excluding carboxylic acids is 1. The van der Waals surface area contributed by atoms with Crippen LogP contribution in [0.25, 0.3) is 0 Å². The van der Waals surface area contributed by atoms with E-state index >= 15 is 0 Å². The summed E-state index contributed by atoms with van der Waals surface area (Å²) in [6.07, 6.45) is -0.239. The van der Waals surface area contributed by atoms with Crippen LogP contribution >= 0.6 is 0 Å². The average molecular weight is 348 g/mol. The van der Waals surface area contributed by atoms with Gasteiger partial charge in [-0.2, -0.15) is 0 Å². The van der Waals surface area contributed by atoms with Crippen LogP contribution in [0, 0.1) is 6.92 Å². The normalized spacial score (nSPS) is 15.1. The second kappa shape index (κ2) is 9.76. The van der Waals surface area contributed by atoms with Gasteiger partial charge in [0.25, 0.3) is 0 Å². The van der Waals surface area contributed by atoms with E-state index in [0.29, 0.717) is 32.8 Å². The van der Waals surface area contributed by atoms with Crippen molar-refractivity contribution >= 4 is 12.1 Å². The van der Waals surface area contributed by atoms with E-state index in [1.54, 1.807) is 11.9 Å². The third kappa shape index (κ3) is 5.85. The van der Waals surface area contributed by atoms with Gasteiger partial charge in [0, 0.05) is 33.2 Å². The van der Waals surface area contributed by atoms with E-state index in [4.69, 9.17) is 9.47 Å². The summed E-state index contributed by atoms with van der Waals surface area (Å²) < 4.78 is 10.8. The third-order valence-corrected chi connectivity index (χ3v) is 3.99. The van der Waals surface area contributed by atoms with E-state index < -0.39 is 0 Å². The molecule has 0 saturated carbocycles. The van der Waals surface area contributed by atoms with E-state index in [9.17, 15) is 4.79 Å². The van der Waals surface area contributed by atoms with Crippen molar-refractivity contribution in [3.05, 3.63) is 29.8 Å². The lowest BCUT2D eigenvalue weighted by Gasteiger charge is -2.35. The second-order valence-electron chi connectivity index (χ2n) is 5.81. The Labute approximate surface area is 149 Å². The fraction of sp³-hybridized carbons (Fsp3) is 0.556. The number of aryl methyl sites for hydroxylation is 1. The number of benzene rings is 1. The van der Waals surface area contributed by atoms with Crippen molar-refractivity contribution in [3.8, 4) is 5.75 Å². The zero-order valence-electron chi connectivity index (χ0n) is 15.3. The summed E-state index contributed by atoms with van der Waals surface area (Å²) in [6.45, 7) is 8.25. The van der Waals surface area contributed by atoms with Gasteiger partial charge in [-0.05, 0) is 26.0 Å². The summed E-state index contributed by atoms with van der Waals surface area (Å²) in [5.41, 5.74) is 1.22. The fourth-order valence-electron chi connectivity index (χ4n) is 2.61. The van der Waals surface area contributed by atoms with Crippen LogP contribution in [0.5, 0.6) is 5.75 Å². The molecule has 1 amide bonds. The Hall–Kier alpha value is -2.44. The number of rotatable bonds is 5. The van der Waals surface area contributed by atoms with Crippen molar-refractivity contribution in [2.75, 3.05) is 53.0 Å². The van der Waals surface area contributed by atoms with Gasteiger partial charge in [-0.1, -0.05) is 17.7 Å². The summed E-state index contributed by atoms with van der Waals surface area (Å²) in [7, 11) is 1.76. The minimum atomic E-state index is -0.239. The van der Waals surface area contributed by atoms with Gasteiger partial charge in [0.05, 0.1) is 13.2 Å². The molecule has 7 heteroatoms. The predicted octanol–water partition coefficient (Wildman–Crippen LogP) is 1.72. The molecule has 0 radical (unpaired) electrons. The van der Waals surface area contributed by atoms with E-state index in [2.05, 4.69) is 22.1 Å².